The summed E-state index contributed by atoms with van der Waals surface area (Å²) in [5.41, 5.74) is 0. The molecule has 0 aliphatic carbocycles. The van der Waals surface area contributed by atoms with E-state index in [4.69, 9.17) is 9.05 Å². The maximum atomic E-state index is 13.0. The minimum atomic E-state index is -4.36. The summed E-state index contributed by atoms with van der Waals surface area (Å²) in [6.45, 7) is 4.72. The van der Waals surface area contributed by atoms with Crippen LogP contribution in [0.15, 0.2) is 72.9 Å². The number of hydrogen-bond donors (Lipinski definition) is 3. The fraction of sp³-hybridized carbons (Fsp3) is 0.806. The van der Waals surface area contributed by atoms with Crippen molar-refractivity contribution in [2.45, 2.75) is 309 Å². The molecule has 444 valence electrons. The molecule has 0 rings (SSSR count). The van der Waals surface area contributed by atoms with Crippen LogP contribution < -0.4 is 5.32 Å². The summed E-state index contributed by atoms with van der Waals surface area (Å²) in [4.78, 5) is 23.4. The predicted octanol–water partition coefficient (Wildman–Crippen LogP) is 20.2. The van der Waals surface area contributed by atoms with Crippen molar-refractivity contribution in [3.63, 3.8) is 0 Å². The molecule has 0 saturated carbocycles. The summed E-state index contributed by atoms with van der Waals surface area (Å²) in [5.74, 6) is -0.187. The number of nitrogens with zero attached hydrogens (tertiary/aromatic N) is 1. The Labute approximate surface area is 472 Å². The van der Waals surface area contributed by atoms with E-state index in [-0.39, 0.29) is 19.1 Å². The number of nitrogens with one attached hydrogen (secondary N) is 1. The Morgan fingerprint density at radius 3 is 1.16 bits per heavy atom. The lowest BCUT2D eigenvalue weighted by Crippen LogP contribution is -2.45. The number of phosphoric ester groups is 1. The number of phosphoric acid groups is 1. The Morgan fingerprint density at radius 2 is 0.789 bits per heavy atom. The maximum absolute atomic E-state index is 13.0. The normalized spacial score (nSPS) is 14.2. The van der Waals surface area contributed by atoms with Crippen LogP contribution in [-0.4, -0.2) is 73.4 Å². The lowest BCUT2D eigenvalue weighted by molar-refractivity contribution is -0.870. The molecule has 0 saturated heterocycles. The van der Waals surface area contributed by atoms with E-state index in [0.717, 1.165) is 83.5 Å². The monoisotopic (exact) mass is 1090 g/mol. The molecular weight excluding hydrogens is 960 g/mol. The molecule has 0 spiro atoms. The van der Waals surface area contributed by atoms with E-state index >= 15 is 0 Å². The molecule has 3 unspecified atom stereocenters. The largest absolute Gasteiger partial charge is 0.472 e. The van der Waals surface area contributed by atoms with E-state index in [1.165, 1.54) is 193 Å². The minimum absolute atomic E-state index is 0.0563. The number of carbonyl (C=O) groups excluding carboxylic acids is 1. The van der Waals surface area contributed by atoms with Gasteiger partial charge >= 0.3 is 7.82 Å². The number of likely N-dealkylation sites (N-methyl/N-ethyl adjacent to an activating group) is 1. The van der Waals surface area contributed by atoms with Gasteiger partial charge in [0.05, 0.1) is 39.9 Å². The fourth-order valence-corrected chi connectivity index (χ4v) is 10.2. The van der Waals surface area contributed by atoms with Crippen LogP contribution in [0.2, 0.25) is 0 Å². The van der Waals surface area contributed by atoms with Crippen LogP contribution in [0.4, 0.5) is 0 Å². The Morgan fingerprint density at radius 1 is 0.461 bits per heavy atom. The summed E-state index contributed by atoms with van der Waals surface area (Å²) >= 11 is 0. The number of hydrogen-bond acceptors (Lipinski definition) is 5. The van der Waals surface area contributed by atoms with E-state index < -0.39 is 20.0 Å². The van der Waals surface area contributed by atoms with Crippen molar-refractivity contribution >= 4 is 13.7 Å². The first kappa shape index (κ1) is 73.9. The average molecular weight is 1090 g/mol. The van der Waals surface area contributed by atoms with Gasteiger partial charge in [0.1, 0.15) is 13.2 Å². The standard InChI is InChI=1S/C67H125N2O6P/c1-6-8-10-12-14-16-18-20-22-24-26-28-30-31-32-33-34-35-36-37-39-40-42-44-46-48-50-52-54-56-58-60-66(70)65(64-75-76(72,73)74-63-62-69(3,4)5)68-67(71)61-59-57-55-53-51-49-47-45-43-41-38-29-27-25-23-21-19-17-15-13-11-9-7-2/h9,11,15,17,21,23,27,29,41,43,58,60,65-66,70H,6-8,10,12-14,16,18-20,22,24-26,28,30-40,42,44-57,59,61-64H2,1-5H3,(H-,68,71,72,73)/p+1/b11-9-,17-15-,23-21-,29-27-,43-41-,60-58+. The first-order valence-corrected chi connectivity index (χ1v) is 33.8. The highest BCUT2D eigenvalue weighted by atomic mass is 31.2. The van der Waals surface area contributed by atoms with Crippen molar-refractivity contribution in [2.24, 2.45) is 0 Å². The number of quaternary nitrogens is 1. The van der Waals surface area contributed by atoms with Gasteiger partial charge in [0.25, 0.3) is 0 Å². The first-order chi connectivity index (χ1) is 37.0. The predicted molar refractivity (Wildman–Crippen MR) is 332 cm³/mol. The zero-order valence-corrected chi connectivity index (χ0v) is 51.6. The number of allylic oxidation sites excluding steroid dienone is 11. The lowest BCUT2D eigenvalue weighted by atomic mass is 10.0. The second kappa shape index (κ2) is 57.6. The summed E-state index contributed by atoms with van der Waals surface area (Å²) in [6, 6.07) is -0.859. The van der Waals surface area contributed by atoms with E-state index in [1.807, 2.05) is 27.2 Å². The summed E-state index contributed by atoms with van der Waals surface area (Å²) < 4.78 is 23.8. The molecule has 1 amide bonds. The van der Waals surface area contributed by atoms with E-state index in [0.29, 0.717) is 17.4 Å². The van der Waals surface area contributed by atoms with Crippen LogP contribution in [0.3, 0.4) is 0 Å². The molecule has 3 N–H and O–H groups in total. The smallest absolute Gasteiger partial charge is 0.387 e. The van der Waals surface area contributed by atoms with Crippen molar-refractivity contribution in [2.75, 3.05) is 40.9 Å². The van der Waals surface area contributed by atoms with E-state index in [2.05, 4.69) is 79.9 Å². The van der Waals surface area contributed by atoms with Crippen LogP contribution in [0.25, 0.3) is 0 Å². The van der Waals surface area contributed by atoms with Gasteiger partial charge in [-0.1, -0.05) is 299 Å². The molecule has 0 fully saturated rings. The van der Waals surface area contributed by atoms with E-state index in [9.17, 15) is 19.4 Å². The molecule has 9 heteroatoms. The van der Waals surface area contributed by atoms with Crippen molar-refractivity contribution in [3.8, 4) is 0 Å². The number of aliphatic hydroxyl groups is 1. The van der Waals surface area contributed by atoms with Crippen LogP contribution >= 0.6 is 7.82 Å². The quantitative estimate of drug-likeness (QED) is 0.0243. The Bertz CT molecular complexity index is 1470. The molecule has 0 aliphatic rings. The third-order valence-electron chi connectivity index (χ3n) is 14.4. The van der Waals surface area contributed by atoms with Gasteiger partial charge in [-0.25, -0.2) is 4.57 Å². The zero-order chi connectivity index (χ0) is 55.6. The van der Waals surface area contributed by atoms with Crippen LogP contribution in [0, 0.1) is 0 Å². The third kappa shape index (κ3) is 59.6. The zero-order valence-electron chi connectivity index (χ0n) is 50.7. The molecule has 0 radical (unpaired) electrons. The maximum Gasteiger partial charge on any atom is 0.472 e. The highest BCUT2D eigenvalue weighted by Crippen LogP contribution is 2.43. The van der Waals surface area contributed by atoms with Gasteiger partial charge in [-0.05, 0) is 64.2 Å². The Balaban J connectivity index is 4.14. The van der Waals surface area contributed by atoms with Crippen molar-refractivity contribution in [3.05, 3.63) is 72.9 Å². The van der Waals surface area contributed by atoms with Crippen molar-refractivity contribution in [1.82, 2.24) is 5.32 Å². The molecule has 0 aromatic rings. The minimum Gasteiger partial charge on any atom is -0.387 e. The van der Waals surface area contributed by atoms with Crippen LogP contribution in [-0.2, 0) is 18.4 Å². The Hall–Kier alpha value is -2.06. The molecular formula is C67H126N2O6P+. The average Bonchev–Trinajstić information content (AvgIpc) is 3.38. The number of amides is 1. The number of rotatable bonds is 59. The topological polar surface area (TPSA) is 105 Å². The fourth-order valence-electron chi connectivity index (χ4n) is 9.42. The molecule has 3 atom stereocenters. The third-order valence-corrected chi connectivity index (χ3v) is 15.4. The van der Waals surface area contributed by atoms with Gasteiger partial charge in [-0.15, -0.1) is 0 Å². The molecule has 0 aliphatic heterocycles. The molecule has 0 bridgehead atoms. The highest BCUT2D eigenvalue weighted by molar-refractivity contribution is 7.47. The second-order valence-electron chi connectivity index (χ2n) is 23.1. The van der Waals surface area contributed by atoms with Gasteiger partial charge in [-0.3, -0.25) is 13.8 Å². The summed E-state index contributed by atoms with van der Waals surface area (Å²) in [6.07, 6.45) is 80.3. The summed E-state index contributed by atoms with van der Waals surface area (Å²) in [5, 5.41) is 14.0. The summed E-state index contributed by atoms with van der Waals surface area (Å²) in [7, 11) is 1.56. The van der Waals surface area contributed by atoms with Crippen LogP contribution in [0.1, 0.15) is 296 Å². The van der Waals surface area contributed by atoms with Gasteiger partial charge < -0.3 is 19.8 Å². The van der Waals surface area contributed by atoms with E-state index in [1.54, 1.807) is 6.08 Å². The van der Waals surface area contributed by atoms with Gasteiger partial charge in [-0.2, -0.15) is 0 Å². The number of unbranched alkanes of at least 4 members (excludes halogenated alkanes) is 36. The van der Waals surface area contributed by atoms with Crippen LogP contribution in [0.5, 0.6) is 0 Å². The first-order valence-electron chi connectivity index (χ1n) is 32.3. The number of carbonyl (C=O) groups is 1. The van der Waals surface area contributed by atoms with Gasteiger partial charge in [0, 0.05) is 6.42 Å². The molecule has 8 nitrogen and oxygen atoms in total. The van der Waals surface area contributed by atoms with Gasteiger partial charge in [0.15, 0.2) is 0 Å². The lowest BCUT2D eigenvalue weighted by Gasteiger charge is -2.25. The SMILES string of the molecule is CC/C=C\C/C=C\C/C=C\C/C=C\C/C=C\CCCCCCCCCC(=O)NC(COP(=O)(O)OCC[N+](C)(C)C)C(O)/C=C/CCCCCCCCCCCCCCCCCCCCCCCCCCCCCCC. The second-order valence-corrected chi connectivity index (χ2v) is 24.6. The Kier molecular flexibility index (Phi) is 56.1. The highest BCUT2D eigenvalue weighted by Gasteiger charge is 2.28. The van der Waals surface area contributed by atoms with Gasteiger partial charge in [0.2, 0.25) is 5.91 Å². The molecule has 76 heavy (non-hydrogen) atoms. The van der Waals surface area contributed by atoms with Crippen molar-refractivity contribution < 1.29 is 32.9 Å². The number of aliphatic hydroxyl groups excluding tert-OH is 1. The molecule has 0 heterocycles. The molecule has 0 aromatic carbocycles. The van der Waals surface area contributed by atoms with Crippen molar-refractivity contribution in [1.29, 1.82) is 0 Å². The molecule has 0 aromatic heterocycles.